The second kappa shape index (κ2) is 7.64. The predicted octanol–water partition coefficient (Wildman–Crippen LogP) is 1.71. The van der Waals surface area contributed by atoms with Crippen molar-refractivity contribution in [3.63, 3.8) is 0 Å². The topological polar surface area (TPSA) is 87.3 Å². The minimum absolute atomic E-state index is 0.00162. The summed E-state index contributed by atoms with van der Waals surface area (Å²) in [5.41, 5.74) is 0.303. The van der Waals surface area contributed by atoms with Crippen molar-refractivity contribution >= 4 is 21.6 Å². The first-order valence-corrected chi connectivity index (χ1v) is 8.19. The largest absolute Gasteiger partial charge is 0.389 e. The molecule has 0 spiro atoms. The highest BCUT2D eigenvalue weighted by atomic mass is 32.2. The molecule has 0 heterocycles. The minimum atomic E-state index is -4.24. The van der Waals surface area contributed by atoms with Crippen LogP contribution in [0.2, 0.25) is 0 Å². The third-order valence-electron chi connectivity index (χ3n) is 2.99. The van der Waals surface area contributed by atoms with Crippen LogP contribution in [0.4, 0.5) is 18.9 Å². The van der Waals surface area contributed by atoms with Crippen LogP contribution in [0.1, 0.15) is 23.2 Å². The number of hydrogen-bond acceptors (Lipinski definition) is 4. The molecule has 0 aliphatic heterocycles. The molecule has 0 fully saturated rings. The van der Waals surface area contributed by atoms with Gasteiger partial charge in [0.2, 0.25) is 10.0 Å². The number of alkyl halides is 3. The fourth-order valence-corrected chi connectivity index (χ4v) is 2.55. The predicted molar refractivity (Wildman–Crippen MR) is 79.9 cm³/mol. The van der Waals surface area contributed by atoms with E-state index in [9.17, 15) is 26.4 Å². The highest BCUT2D eigenvalue weighted by molar-refractivity contribution is 7.89. The van der Waals surface area contributed by atoms with E-state index >= 15 is 0 Å². The molecule has 1 amide bonds. The lowest BCUT2D eigenvalue weighted by Gasteiger charge is -2.13. The number of halogens is 3. The molecule has 6 nitrogen and oxygen atoms in total. The third-order valence-corrected chi connectivity index (χ3v) is 4.41. The average Bonchev–Trinajstić information content (AvgIpc) is 2.49. The lowest BCUT2D eigenvalue weighted by Crippen LogP contribution is -2.23. The maximum Gasteiger partial charge on any atom is 0.389 e. The average molecular weight is 353 g/mol. The van der Waals surface area contributed by atoms with Crippen LogP contribution in [0.25, 0.3) is 0 Å². The van der Waals surface area contributed by atoms with E-state index in [1.165, 1.54) is 26.2 Å². The molecule has 0 aromatic heterocycles. The monoisotopic (exact) mass is 353 g/mol. The summed E-state index contributed by atoms with van der Waals surface area (Å²) >= 11 is 0. The number of amides is 1. The molecule has 10 heteroatoms. The third kappa shape index (κ3) is 5.71. The molecule has 0 aliphatic carbocycles. The van der Waals surface area contributed by atoms with Gasteiger partial charge in [-0.15, -0.1) is 0 Å². The number of carbonyl (C=O) groups is 1. The number of nitrogens with one attached hydrogen (secondary N) is 3. The zero-order valence-corrected chi connectivity index (χ0v) is 13.4. The van der Waals surface area contributed by atoms with Gasteiger partial charge in [0.25, 0.3) is 5.91 Å². The Morgan fingerprint density at radius 2 is 1.87 bits per heavy atom. The van der Waals surface area contributed by atoms with Gasteiger partial charge in [-0.25, -0.2) is 13.1 Å². The molecule has 3 N–H and O–H groups in total. The Labute approximate surface area is 132 Å². The number of hydrogen-bond donors (Lipinski definition) is 3. The van der Waals surface area contributed by atoms with E-state index in [0.29, 0.717) is 0 Å². The second-order valence-electron chi connectivity index (χ2n) is 4.64. The first kappa shape index (κ1) is 19.2. The SMILES string of the molecule is CNC(=O)c1cc(S(=O)(=O)NC)ccc1NCCCC(F)(F)F. The Morgan fingerprint density at radius 3 is 2.39 bits per heavy atom. The molecule has 130 valence electrons. The van der Waals surface area contributed by atoms with Gasteiger partial charge in [-0.3, -0.25) is 4.79 Å². The van der Waals surface area contributed by atoms with Crippen molar-refractivity contribution in [2.45, 2.75) is 23.9 Å². The van der Waals surface area contributed by atoms with Gasteiger partial charge in [-0.05, 0) is 31.7 Å². The summed E-state index contributed by atoms with van der Waals surface area (Å²) in [5.74, 6) is -0.545. The van der Waals surface area contributed by atoms with Gasteiger partial charge in [0.15, 0.2) is 0 Å². The molecule has 1 aromatic rings. The molecule has 0 saturated carbocycles. The van der Waals surface area contributed by atoms with Crippen molar-refractivity contribution in [2.24, 2.45) is 0 Å². The maximum absolute atomic E-state index is 12.1. The summed E-state index contributed by atoms with van der Waals surface area (Å²) in [6.45, 7) is 0.00162. The van der Waals surface area contributed by atoms with E-state index in [1.54, 1.807) is 0 Å². The highest BCUT2D eigenvalue weighted by Crippen LogP contribution is 2.23. The van der Waals surface area contributed by atoms with Crippen LogP contribution in [0.15, 0.2) is 23.1 Å². The Balaban J connectivity index is 2.97. The molecule has 23 heavy (non-hydrogen) atoms. The van der Waals surface area contributed by atoms with Crippen LogP contribution < -0.4 is 15.4 Å². The van der Waals surface area contributed by atoms with Crippen molar-refractivity contribution in [3.8, 4) is 0 Å². The van der Waals surface area contributed by atoms with Gasteiger partial charge < -0.3 is 10.6 Å². The maximum atomic E-state index is 12.1. The zero-order valence-electron chi connectivity index (χ0n) is 12.6. The first-order valence-electron chi connectivity index (χ1n) is 6.71. The number of carbonyl (C=O) groups excluding carboxylic acids is 1. The van der Waals surface area contributed by atoms with Crippen molar-refractivity contribution < 1.29 is 26.4 Å². The molecule has 0 unspecified atom stereocenters. The second-order valence-corrected chi connectivity index (χ2v) is 6.53. The lowest BCUT2D eigenvalue weighted by atomic mass is 10.1. The number of rotatable bonds is 7. The quantitative estimate of drug-likeness (QED) is 0.651. The fourth-order valence-electron chi connectivity index (χ4n) is 1.80. The minimum Gasteiger partial charge on any atom is -0.384 e. The normalized spacial score (nSPS) is 12.0. The summed E-state index contributed by atoms with van der Waals surface area (Å²) in [4.78, 5) is 11.7. The zero-order chi connectivity index (χ0) is 17.7. The van der Waals surface area contributed by atoms with Crippen LogP contribution >= 0.6 is 0 Å². The van der Waals surface area contributed by atoms with Crippen molar-refractivity contribution in [1.82, 2.24) is 10.0 Å². The molecular formula is C13H18F3N3O3S. The standard InChI is InChI=1S/C13H18F3N3O3S/c1-17-12(20)10-8-9(23(21,22)18-2)4-5-11(10)19-7-3-6-13(14,15)16/h4-5,8,18-19H,3,6-7H2,1-2H3,(H,17,20). The molecule has 1 rings (SSSR count). The molecule has 0 atom stereocenters. The van der Waals surface area contributed by atoms with Gasteiger partial charge in [0, 0.05) is 25.7 Å². The van der Waals surface area contributed by atoms with E-state index in [0.717, 1.165) is 6.07 Å². The molecule has 0 radical (unpaired) electrons. The summed E-state index contributed by atoms with van der Waals surface area (Å²) < 4.78 is 61.9. The molecule has 0 aliphatic rings. The summed E-state index contributed by atoms with van der Waals surface area (Å²) in [5, 5.41) is 5.08. The van der Waals surface area contributed by atoms with E-state index < -0.39 is 28.5 Å². The molecule has 0 bridgehead atoms. The first-order chi connectivity index (χ1) is 10.6. The Kier molecular flexibility index (Phi) is 6.39. The lowest BCUT2D eigenvalue weighted by molar-refractivity contribution is -0.134. The van der Waals surface area contributed by atoms with Crippen LogP contribution in [0.5, 0.6) is 0 Å². The van der Waals surface area contributed by atoms with Crippen molar-refractivity contribution in [3.05, 3.63) is 23.8 Å². The van der Waals surface area contributed by atoms with E-state index in [-0.39, 0.29) is 29.1 Å². The molecular weight excluding hydrogens is 335 g/mol. The molecule has 1 aromatic carbocycles. The van der Waals surface area contributed by atoms with Crippen LogP contribution in [0.3, 0.4) is 0 Å². The number of benzene rings is 1. The smallest absolute Gasteiger partial charge is 0.384 e. The highest BCUT2D eigenvalue weighted by Gasteiger charge is 2.26. The Morgan fingerprint density at radius 1 is 1.22 bits per heavy atom. The van der Waals surface area contributed by atoms with Gasteiger partial charge in [0.05, 0.1) is 10.5 Å². The summed E-state index contributed by atoms with van der Waals surface area (Å²) in [6.07, 6.45) is -5.34. The van der Waals surface area contributed by atoms with Gasteiger partial charge in [0.1, 0.15) is 0 Å². The van der Waals surface area contributed by atoms with E-state index in [1.807, 2.05) is 0 Å². The Bertz CT molecular complexity index is 660. The van der Waals surface area contributed by atoms with E-state index in [2.05, 4.69) is 15.4 Å². The van der Waals surface area contributed by atoms with Gasteiger partial charge in [-0.2, -0.15) is 13.2 Å². The van der Waals surface area contributed by atoms with Gasteiger partial charge >= 0.3 is 6.18 Å². The number of sulfonamides is 1. The fraction of sp³-hybridized carbons (Fsp3) is 0.462. The van der Waals surface area contributed by atoms with Crippen LogP contribution in [-0.4, -0.2) is 41.1 Å². The summed E-state index contributed by atoms with van der Waals surface area (Å²) in [7, 11) is -1.13. The van der Waals surface area contributed by atoms with Crippen molar-refractivity contribution in [1.29, 1.82) is 0 Å². The van der Waals surface area contributed by atoms with Crippen LogP contribution in [-0.2, 0) is 10.0 Å². The van der Waals surface area contributed by atoms with Gasteiger partial charge in [-0.1, -0.05) is 0 Å². The Hall–Kier alpha value is -1.81. The van der Waals surface area contributed by atoms with Crippen molar-refractivity contribution in [2.75, 3.05) is 26.0 Å². The van der Waals surface area contributed by atoms with E-state index in [4.69, 9.17) is 0 Å². The summed E-state index contributed by atoms with van der Waals surface area (Å²) in [6, 6.07) is 3.78. The number of anilines is 1. The van der Waals surface area contributed by atoms with Crippen LogP contribution in [0, 0.1) is 0 Å². The molecule has 0 saturated heterocycles.